The van der Waals surface area contributed by atoms with E-state index in [1.165, 1.54) is 0 Å². The maximum absolute atomic E-state index is 5.49. The number of nitrogens with zero attached hydrogens (tertiary/aromatic N) is 2. The fraction of sp³-hybridized carbons (Fsp3) is 0.333. The molecule has 2 rings (SSSR count). The largest absolute Gasteiger partial charge is 0.496 e. The van der Waals surface area contributed by atoms with Crippen molar-refractivity contribution in [2.75, 3.05) is 12.5 Å². The van der Waals surface area contributed by atoms with Crippen LogP contribution in [0.3, 0.4) is 0 Å². The zero-order chi connectivity index (χ0) is 14.7. The molecule has 2 aromatic rings. The van der Waals surface area contributed by atoms with E-state index >= 15 is 0 Å². The third kappa shape index (κ3) is 2.88. The van der Waals surface area contributed by atoms with E-state index in [9.17, 15) is 0 Å². The summed E-state index contributed by atoms with van der Waals surface area (Å²) in [6.45, 7) is 6.18. The summed E-state index contributed by atoms with van der Waals surface area (Å²) in [4.78, 5) is 9.02. The number of aromatic nitrogens is 2. The van der Waals surface area contributed by atoms with Gasteiger partial charge in [-0.25, -0.2) is 15.8 Å². The molecule has 0 atom stereocenters. The molecule has 0 amide bonds. The standard InChI is InChI=1S/C15H20N4O/c1-9(2)12-8-14(19-16)18-15(17-12)11-6-5-10(3)7-13(11)20-4/h5-9H,16H2,1-4H3,(H,17,18,19). The zero-order valence-corrected chi connectivity index (χ0v) is 12.3. The number of hydrogen-bond donors (Lipinski definition) is 2. The van der Waals surface area contributed by atoms with Gasteiger partial charge in [-0.2, -0.15) is 0 Å². The van der Waals surface area contributed by atoms with Crippen LogP contribution >= 0.6 is 0 Å². The van der Waals surface area contributed by atoms with Crippen LogP contribution in [0.2, 0.25) is 0 Å². The Morgan fingerprint density at radius 2 is 1.95 bits per heavy atom. The second kappa shape index (κ2) is 5.88. The maximum Gasteiger partial charge on any atom is 0.165 e. The minimum atomic E-state index is 0.292. The van der Waals surface area contributed by atoms with E-state index in [0.29, 0.717) is 17.6 Å². The van der Waals surface area contributed by atoms with Gasteiger partial charge in [-0.1, -0.05) is 19.9 Å². The van der Waals surface area contributed by atoms with Gasteiger partial charge >= 0.3 is 0 Å². The van der Waals surface area contributed by atoms with Crippen LogP contribution in [-0.4, -0.2) is 17.1 Å². The first-order valence-electron chi connectivity index (χ1n) is 6.55. The van der Waals surface area contributed by atoms with E-state index in [2.05, 4.69) is 29.2 Å². The number of methoxy groups -OCH3 is 1. The minimum Gasteiger partial charge on any atom is -0.496 e. The smallest absolute Gasteiger partial charge is 0.165 e. The van der Waals surface area contributed by atoms with Crippen molar-refractivity contribution < 1.29 is 4.74 Å². The molecule has 0 aliphatic heterocycles. The normalized spacial score (nSPS) is 10.7. The summed E-state index contributed by atoms with van der Waals surface area (Å²) in [5.74, 6) is 7.75. The third-order valence-corrected chi connectivity index (χ3v) is 3.08. The number of hydrogen-bond acceptors (Lipinski definition) is 5. The zero-order valence-electron chi connectivity index (χ0n) is 12.3. The van der Waals surface area contributed by atoms with E-state index < -0.39 is 0 Å². The number of nitrogens with one attached hydrogen (secondary N) is 1. The van der Waals surface area contributed by atoms with Crippen LogP contribution < -0.4 is 16.0 Å². The van der Waals surface area contributed by atoms with Crippen molar-refractivity contribution >= 4 is 5.82 Å². The number of hydrazine groups is 1. The highest BCUT2D eigenvalue weighted by Crippen LogP contribution is 2.30. The molecule has 0 saturated heterocycles. The van der Waals surface area contributed by atoms with Gasteiger partial charge in [-0.15, -0.1) is 0 Å². The number of benzene rings is 1. The quantitative estimate of drug-likeness (QED) is 0.661. The van der Waals surface area contributed by atoms with Crippen molar-refractivity contribution in [2.45, 2.75) is 26.7 Å². The first-order chi connectivity index (χ1) is 9.55. The van der Waals surface area contributed by atoms with Crippen LogP contribution in [0.4, 0.5) is 5.82 Å². The summed E-state index contributed by atoms with van der Waals surface area (Å²) < 4.78 is 5.42. The number of rotatable bonds is 4. The van der Waals surface area contributed by atoms with Gasteiger partial charge in [0.05, 0.1) is 12.7 Å². The molecule has 0 fully saturated rings. The molecule has 1 heterocycles. The molecule has 0 spiro atoms. The lowest BCUT2D eigenvalue weighted by atomic mass is 10.1. The van der Waals surface area contributed by atoms with Gasteiger partial charge in [-0.3, -0.25) is 0 Å². The molecule has 0 aliphatic rings. The summed E-state index contributed by atoms with van der Waals surface area (Å²) >= 11 is 0. The molecule has 1 aromatic carbocycles. The van der Waals surface area contributed by atoms with Crippen molar-refractivity contribution in [2.24, 2.45) is 5.84 Å². The van der Waals surface area contributed by atoms with E-state index in [1.54, 1.807) is 7.11 Å². The Balaban J connectivity index is 2.59. The summed E-state index contributed by atoms with van der Waals surface area (Å²) in [5, 5.41) is 0. The fourth-order valence-electron chi connectivity index (χ4n) is 1.94. The lowest BCUT2D eigenvalue weighted by molar-refractivity contribution is 0.416. The van der Waals surface area contributed by atoms with Crippen LogP contribution in [0.25, 0.3) is 11.4 Å². The van der Waals surface area contributed by atoms with Gasteiger partial charge in [0.2, 0.25) is 0 Å². The molecular weight excluding hydrogens is 252 g/mol. The number of ether oxygens (including phenoxy) is 1. The monoisotopic (exact) mass is 272 g/mol. The Hall–Kier alpha value is -2.14. The SMILES string of the molecule is COc1cc(C)ccc1-c1nc(NN)cc(C(C)C)n1. The molecule has 20 heavy (non-hydrogen) atoms. The second-order valence-electron chi connectivity index (χ2n) is 5.00. The number of nitrogen functional groups attached to an aromatic ring is 1. The number of nitrogens with two attached hydrogens (primary N) is 1. The van der Waals surface area contributed by atoms with Gasteiger partial charge < -0.3 is 10.2 Å². The van der Waals surface area contributed by atoms with Crippen LogP contribution in [0, 0.1) is 6.92 Å². The maximum atomic E-state index is 5.49. The molecule has 1 aromatic heterocycles. The van der Waals surface area contributed by atoms with Gasteiger partial charge in [0, 0.05) is 11.8 Å². The lowest BCUT2D eigenvalue weighted by Crippen LogP contribution is -2.11. The van der Waals surface area contributed by atoms with E-state index in [4.69, 9.17) is 10.6 Å². The Morgan fingerprint density at radius 1 is 1.20 bits per heavy atom. The van der Waals surface area contributed by atoms with Crippen molar-refractivity contribution in [1.82, 2.24) is 9.97 Å². The fourth-order valence-corrected chi connectivity index (χ4v) is 1.94. The molecule has 3 N–H and O–H groups in total. The van der Waals surface area contributed by atoms with Crippen LogP contribution in [0.15, 0.2) is 24.3 Å². The highest BCUT2D eigenvalue weighted by atomic mass is 16.5. The Bertz CT molecular complexity index is 611. The molecule has 0 aliphatic carbocycles. The van der Waals surface area contributed by atoms with E-state index in [-0.39, 0.29) is 0 Å². The second-order valence-corrected chi connectivity index (χ2v) is 5.00. The predicted octanol–water partition coefficient (Wildman–Crippen LogP) is 2.87. The highest BCUT2D eigenvalue weighted by Gasteiger charge is 2.13. The average Bonchev–Trinajstić information content (AvgIpc) is 2.46. The summed E-state index contributed by atoms with van der Waals surface area (Å²) in [7, 11) is 1.65. The minimum absolute atomic E-state index is 0.292. The number of aryl methyl sites for hydroxylation is 1. The van der Waals surface area contributed by atoms with Gasteiger partial charge in [-0.05, 0) is 30.5 Å². The first kappa shape index (κ1) is 14.3. The van der Waals surface area contributed by atoms with Gasteiger partial charge in [0.25, 0.3) is 0 Å². The topological polar surface area (TPSA) is 73.1 Å². The molecule has 0 radical (unpaired) electrons. The molecular formula is C15H20N4O. The third-order valence-electron chi connectivity index (χ3n) is 3.08. The molecule has 0 saturated carbocycles. The van der Waals surface area contributed by atoms with Crippen molar-refractivity contribution in [1.29, 1.82) is 0 Å². The molecule has 5 heteroatoms. The van der Waals surface area contributed by atoms with Crippen LogP contribution in [-0.2, 0) is 0 Å². The van der Waals surface area contributed by atoms with Gasteiger partial charge in [0.15, 0.2) is 5.82 Å². The Morgan fingerprint density at radius 3 is 2.55 bits per heavy atom. The Kier molecular flexibility index (Phi) is 4.20. The lowest BCUT2D eigenvalue weighted by Gasteiger charge is -2.12. The molecule has 5 nitrogen and oxygen atoms in total. The Labute approximate surface area is 119 Å². The van der Waals surface area contributed by atoms with Crippen molar-refractivity contribution in [3.63, 3.8) is 0 Å². The molecule has 106 valence electrons. The van der Waals surface area contributed by atoms with Gasteiger partial charge in [0.1, 0.15) is 11.6 Å². The van der Waals surface area contributed by atoms with Crippen molar-refractivity contribution in [3.05, 3.63) is 35.5 Å². The van der Waals surface area contributed by atoms with E-state index in [0.717, 1.165) is 22.6 Å². The highest BCUT2D eigenvalue weighted by molar-refractivity contribution is 5.66. The summed E-state index contributed by atoms with van der Waals surface area (Å²) in [6.07, 6.45) is 0. The molecule has 0 bridgehead atoms. The predicted molar refractivity (Wildman–Crippen MR) is 80.7 cm³/mol. The average molecular weight is 272 g/mol. The van der Waals surface area contributed by atoms with Crippen molar-refractivity contribution in [3.8, 4) is 17.1 Å². The summed E-state index contributed by atoms with van der Waals surface area (Å²) in [6, 6.07) is 7.80. The number of anilines is 1. The van der Waals surface area contributed by atoms with E-state index in [1.807, 2.05) is 31.2 Å². The van der Waals surface area contributed by atoms with Crippen LogP contribution in [0.5, 0.6) is 5.75 Å². The molecule has 0 unspecified atom stereocenters. The van der Waals surface area contributed by atoms with Crippen LogP contribution in [0.1, 0.15) is 31.0 Å². The summed E-state index contributed by atoms with van der Waals surface area (Å²) in [5.41, 5.74) is 5.51. The first-order valence-corrected chi connectivity index (χ1v) is 6.55.